The molecule has 0 saturated carbocycles. The largest absolute Gasteiger partial charge is 0.491 e. The van der Waals surface area contributed by atoms with E-state index in [1.54, 1.807) is 12.1 Å². The Bertz CT molecular complexity index is 406. The predicted molar refractivity (Wildman–Crippen MR) is 103 cm³/mol. The van der Waals surface area contributed by atoms with Gasteiger partial charge in [0.1, 0.15) is 24.2 Å². The third-order valence-electron chi connectivity index (χ3n) is 2.91. The van der Waals surface area contributed by atoms with Crippen molar-refractivity contribution in [2.45, 2.75) is 32.6 Å². The Balaban J connectivity index is 0.00000484. The van der Waals surface area contributed by atoms with Crippen LogP contribution in [-0.4, -0.2) is 41.7 Å². The summed E-state index contributed by atoms with van der Waals surface area (Å²) in [6.07, 6.45) is -0.790. The molecular formula is C16H27ClINO4. The smallest absolute Gasteiger partial charge is 0.173 e. The lowest BCUT2D eigenvalue weighted by atomic mass is 10.1. The van der Waals surface area contributed by atoms with Gasteiger partial charge in [-0.15, -0.1) is 12.4 Å². The average molecular weight is 460 g/mol. The van der Waals surface area contributed by atoms with Crippen molar-refractivity contribution in [1.82, 2.24) is 0 Å². The van der Waals surface area contributed by atoms with Gasteiger partial charge in [-0.3, -0.25) is 5.73 Å². The van der Waals surface area contributed by atoms with E-state index in [9.17, 15) is 5.11 Å². The van der Waals surface area contributed by atoms with Gasteiger partial charge < -0.3 is 19.3 Å². The summed E-state index contributed by atoms with van der Waals surface area (Å²) in [5.41, 5.74) is 5.84. The minimum absolute atomic E-state index is 0. The van der Waals surface area contributed by atoms with Crippen molar-refractivity contribution in [3.63, 3.8) is 0 Å². The third-order valence-corrected chi connectivity index (χ3v) is 3.35. The second-order valence-corrected chi connectivity index (χ2v) is 6.48. The number of alkyl halides is 1. The molecule has 0 saturated heterocycles. The minimum Gasteiger partial charge on any atom is -0.491 e. The van der Waals surface area contributed by atoms with Crippen LogP contribution in [0.4, 0.5) is 0 Å². The van der Waals surface area contributed by atoms with E-state index in [1.165, 1.54) is 0 Å². The Labute approximate surface area is 158 Å². The molecule has 0 aromatic heterocycles. The molecule has 0 bridgehead atoms. The van der Waals surface area contributed by atoms with E-state index in [1.807, 2.05) is 26.0 Å². The van der Waals surface area contributed by atoms with Crippen LogP contribution >= 0.6 is 35.0 Å². The molecule has 0 aliphatic carbocycles. The molecule has 23 heavy (non-hydrogen) atoms. The number of aliphatic hydroxyl groups excluding tert-OH is 1. The average Bonchev–Trinajstić information content (AvgIpc) is 2.48. The molecule has 1 rings (SSSR count). The molecule has 1 aromatic carbocycles. The van der Waals surface area contributed by atoms with E-state index in [0.717, 1.165) is 16.8 Å². The molecule has 0 aliphatic rings. The minimum atomic E-state index is -0.726. The molecule has 5 nitrogen and oxygen atoms in total. The maximum atomic E-state index is 9.90. The van der Waals surface area contributed by atoms with Gasteiger partial charge in [-0.2, -0.15) is 0 Å². The van der Waals surface area contributed by atoms with Crippen LogP contribution in [0.2, 0.25) is 0 Å². The standard InChI is InChI=1S/C16H26INO4.ClH/c1-12(2)11-15(19)16(18)22-14-5-3-13(4-6-14)21-10-9-20-8-7-17;/h3-6,12,15-16,19H,7-11,18H2,1-2H3;1H. The number of hydrogen-bond acceptors (Lipinski definition) is 5. The van der Waals surface area contributed by atoms with Gasteiger partial charge in [0.15, 0.2) is 6.23 Å². The summed E-state index contributed by atoms with van der Waals surface area (Å²) in [5.74, 6) is 1.74. The van der Waals surface area contributed by atoms with Crippen molar-refractivity contribution in [2.75, 3.05) is 24.2 Å². The van der Waals surface area contributed by atoms with Crippen LogP contribution in [0.1, 0.15) is 20.3 Å². The summed E-state index contributed by atoms with van der Waals surface area (Å²) in [6, 6.07) is 7.19. The Morgan fingerprint density at radius 3 is 2.26 bits per heavy atom. The molecule has 0 aliphatic heterocycles. The highest BCUT2D eigenvalue weighted by Crippen LogP contribution is 2.19. The molecule has 134 valence electrons. The molecule has 7 heteroatoms. The molecule has 2 unspecified atom stereocenters. The molecular weight excluding hydrogens is 433 g/mol. The number of halogens is 2. The number of nitrogens with two attached hydrogens (primary N) is 1. The molecule has 0 heterocycles. The van der Waals surface area contributed by atoms with Gasteiger partial charge in [-0.05, 0) is 36.6 Å². The Kier molecular flexibility index (Phi) is 12.9. The van der Waals surface area contributed by atoms with Crippen molar-refractivity contribution >= 4 is 35.0 Å². The lowest BCUT2D eigenvalue weighted by Crippen LogP contribution is -2.40. The van der Waals surface area contributed by atoms with Crippen LogP contribution in [0.25, 0.3) is 0 Å². The summed E-state index contributed by atoms with van der Waals surface area (Å²) in [7, 11) is 0. The SMILES string of the molecule is CC(C)CC(O)C(N)Oc1ccc(OCCOCCI)cc1.Cl. The molecule has 2 atom stereocenters. The van der Waals surface area contributed by atoms with Crippen LogP contribution in [0.15, 0.2) is 24.3 Å². The maximum absolute atomic E-state index is 9.90. The number of benzene rings is 1. The quantitative estimate of drug-likeness (QED) is 0.230. The second-order valence-electron chi connectivity index (χ2n) is 5.40. The fraction of sp³-hybridized carbons (Fsp3) is 0.625. The van der Waals surface area contributed by atoms with Crippen LogP contribution in [0, 0.1) is 5.92 Å². The van der Waals surface area contributed by atoms with Gasteiger partial charge in [0, 0.05) is 4.43 Å². The first-order valence-electron chi connectivity index (χ1n) is 7.49. The van der Waals surface area contributed by atoms with Gasteiger partial charge in [0.25, 0.3) is 0 Å². The molecule has 1 aromatic rings. The van der Waals surface area contributed by atoms with Crippen LogP contribution in [-0.2, 0) is 4.74 Å². The highest BCUT2D eigenvalue weighted by atomic mass is 127. The lowest BCUT2D eigenvalue weighted by molar-refractivity contribution is 0.0268. The van der Waals surface area contributed by atoms with Gasteiger partial charge >= 0.3 is 0 Å². The van der Waals surface area contributed by atoms with Crippen LogP contribution in [0.3, 0.4) is 0 Å². The summed E-state index contributed by atoms with van der Waals surface area (Å²) in [6.45, 7) is 5.90. The molecule has 0 fully saturated rings. The summed E-state index contributed by atoms with van der Waals surface area (Å²) >= 11 is 2.27. The monoisotopic (exact) mass is 459 g/mol. The van der Waals surface area contributed by atoms with Gasteiger partial charge in [-0.1, -0.05) is 36.4 Å². The highest BCUT2D eigenvalue weighted by Gasteiger charge is 2.17. The van der Waals surface area contributed by atoms with E-state index in [4.69, 9.17) is 19.9 Å². The lowest BCUT2D eigenvalue weighted by Gasteiger charge is -2.21. The summed E-state index contributed by atoms with van der Waals surface area (Å²) < 4.78 is 17.4. The van der Waals surface area contributed by atoms with E-state index in [2.05, 4.69) is 22.6 Å². The van der Waals surface area contributed by atoms with E-state index in [-0.39, 0.29) is 12.4 Å². The van der Waals surface area contributed by atoms with E-state index in [0.29, 0.717) is 31.3 Å². The van der Waals surface area contributed by atoms with Gasteiger partial charge in [-0.25, -0.2) is 0 Å². The van der Waals surface area contributed by atoms with Crippen molar-refractivity contribution in [2.24, 2.45) is 11.7 Å². The Hall–Kier alpha value is -0.280. The first-order chi connectivity index (χ1) is 10.5. The fourth-order valence-corrected chi connectivity index (χ4v) is 2.15. The number of ether oxygens (including phenoxy) is 3. The second kappa shape index (κ2) is 13.1. The van der Waals surface area contributed by atoms with Crippen molar-refractivity contribution < 1.29 is 19.3 Å². The van der Waals surface area contributed by atoms with Gasteiger partial charge in [0.2, 0.25) is 0 Å². The zero-order chi connectivity index (χ0) is 16.4. The Morgan fingerprint density at radius 1 is 1.09 bits per heavy atom. The predicted octanol–water partition coefficient (Wildman–Crippen LogP) is 3.01. The fourth-order valence-electron chi connectivity index (χ4n) is 1.84. The molecule has 0 amide bonds. The highest BCUT2D eigenvalue weighted by molar-refractivity contribution is 14.1. The molecule has 0 spiro atoms. The zero-order valence-corrected chi connectivity index (χ0v) is 16.6. The first-order valence-corrected chi connectivity index (χ1v) is 9.02. The Morgan fingerprint density at radius 2 is 1.70 bits per heavy atom. The summed E-state index contributed by atoms with van der Waals surface area (Å²) in [4.78, 5) is 0. The van der Waals surface area contributed by atoms with Crippen molar-refractivity contribution in [1.29, 1.82) is 0 Å². The maximum Gasteiger partial charge on any atom is 0.173 e. The number of hydrogen-bond donors (Lipinski definition) is 2. The van der Waals surface area contributed by atoms with Crippen LogP contribution < -0.4 is 15.2 Å². The topological polar surface area (TPSA) is 73.9 Å². The summed E-state index contributed by atoms with van der Waals surface area (Å²) in [5, 5.41) is 9.90. The third kappa shape index (κ3) is 10.2. The van der Waals surface area contributed by atoms with Crippen molar-refractivity contribution in [3.05, 3.63) is 24.3 Å². The normalized spacial score (nSPS) is 13.3. The first kappa shape index (κ1) is 22.7. The van der Waals surface area contributed by atoms with E-state index >= 15 is 0 Å². The van der Waals surface area contributed by atoms with Crippen LogP contribution in [0.5, 0.6) is 11.5 Å². The van der Waals surface area contributed by atoms with Crippen molar-refractivity contribution in [3.8, 4) is 11.5 Å². The number of rotatable bonds is 11. The van der Waals surface area contributed by atoms with Gasteiger partial charge in [0.05, 0.1) is 13.2 Å². The molecule has 0 radical (unpaired) electrons. The number of aliphatic hydroxyl groups is 1. The molecule has 3 N–H and O–H groups in total. The zero-order valence-electron chi connectivity index (χ0n) is 13.6. The van der Waals surface area contributed by atoms with E-state index < -0.39 is 12.3 Å².